The summed E-state index contributed by atoms with van der Waals surface area (Å²) in [4.78, 5) is 0. The maximum absolute atomic E-state index is 2.28. The van der Waals surface area contributed by atoms with Crippen LogP contribution in [0.3, 0.4) is 0 Å². The summed E-state index contributed by atoms with van der Waals surface area (Å²) in [5, 5.41) is 5.38. The summed E-state index contributed by atoms with van der Waals surface area (Å²) < 4.78 is 0. The average Bonchev–Trinajstić information content (AvgIpc) is 2.57. The fourth-order valence-corrected chi connectivity index (χ4v) is 2.04. The van der Waals surface area contributed by atoms with E-state index in [1.165, 1.54) is 27.1 Å². The Balaban J connectivity index is 0.000000853. The van der Waals surface area contributed by atoms with Crippen LogP contribution < -0.4 is 0 Å². The van der Waals surface area contributed by atoms with Gasteiger partial charge in [-0.3, -0.25) is 0 Å². The van der Waals surface area contributed by atoms with E-state index in [1.807, 2.05) is 0 Å². The molecule has 0 unspecified atom stereocenters. The summed E-state index contributed by atoms with van der Waals surface area (Å²) in [5.74, 6) is 0. The van der Waals surface area contributed by atoms with Crippen LogP contribution in [0.1, 0.15) is 5.56 Å². The van der Waals surface area contributed by atoms with Crippen molar-refractivity contribution in [2.75, 3.05) is 0 Å². The number of hydrogen-bond donors (Lipinski definition) is 0. The summed E-state index contributed by atoms with van der Waals surface area (Å²) >= 11 is 0. The third kappa shape index (κ3) is 2.71. The average molecular weight is 388 g/mol. The fourth-order valence-electron chi connectivity index (χ4n) is 2.04. The Labute approximate surface area is 123 Å². The second-order valence-corrected chi connectivity index (χ2v) is 3.80. The molecule has 3 rings (SSSR count). The molecule has 88 valence electrons. The Hall–Kier alpha value is -0.820. The van der Waals surface area contributed by atoms with Gasteiger partial charge in [0.2, 0.25) is 0 Å². The Morgan fingerprint density at radius 1 is 0.824 bits per heavy atom. The van der Waals surface area contributed by atoms with E-state index >= 15 is 0 Å². The van der Waals surface area contributed by atoms with Crippen molar-refractivity contribution in [3.8, 4) is 0 Å². The van der Waals surface area contributed by atoms with E-state index < -0.39 is 0 Å². The van der Waals surface area contributed by atoms with E-state index in [4.69, 9.17) is 0 Å². The van der Waals surface area contributed by atoms with E-state index in [0.29, 0.717) is 0 Å². The van der Waals surface area contributed by atoms with Crippen LogP contribution in [0.4, 0.5) is 0 Å². The predicted molar refractivity (Wildman–Crippen MR) is 74.6 cm³/mol. The molecule has 0 saturated carbocycles. The molecule has 0 aliphatic heterocycles. The molecule has 0 aliphatic rings. The maximum atomic E-state index is 2.28. The molecule has 0 aliphatic carbocycles. The fraction of sp³-hybridized carbons (Fsp3) is 0.0625. The van der Waals surface area contributed by atoms with Gasteiger partial charge in [-0.1, -0.05) is 42.6 Å². The van der Waals surface area contributed by atoms with Crippen LogP contribution in [0, 0.1) is 21.8 Å². The predicted octanol–water partition coefficient (Wildman–Crippen LogP) is 4.92. The number of rotatable bonds is 0. The van der Waals surface area contributed by atoms with Gasteiger partial charge in [0.05, 0.1) is 0 Å². The van der Waals surface area contributed by atoms with Crippen LogP contribution in [-0.2, 0) is 25.8 Å². The molecule has 0 bridgehead atoms. The second kappa shape index (κ2) is 6.20. The largest absolute Gasteiger partial charge is 0.358 e. The van der Waals surface area contributed by atoms with Crippen molar-refractivity contribution in [3.05, 3.63) is 68.9 Å². The molecule has 0 atom stereocenters. The van der Waals surface area contributed by atoms with Gasteiger partial charge in [-0.25, -0.2) is 0 Å². The molecule has 0 heterocycles. The molecule has 0 saturated heterocycles. The molecule has 3 aromatic carbocycles. The molecule has 3 aromatic rings. The smallest absolute Gasteiger partial charge is 0 e. The van der Waals surface area contributed by atoms with Gasteiger partial charge >= 0.3 is 0 Å². The van der Waals surface area contributed by atoms with Gasteiger partial charge in [0.15, 0.2) is 0 Å². The molecular formula is C16H17Hf-3. The molecular weight excluding hydrogens is 371 g/mol. The van der Waals surface area contributed by atoms with Crippen LogP contribution >= 0.6 is 0 Å². The maximum Gasteiger partial charge on any atom is 0 e. The summed E-state index contributed by atoms with van der Waals surface area (Å²) in [6.07, 6.45) is 0. The van der Waals surface area contributed by atoms with Gasteiger partial charge in [0.25, 0.3) is 0 Å². The number of hydrogen-bond acceptors (Lipinski definition) is 0. The van der Waals surface area contributed by atoms with E-state index in [0.717, 1.165) is 0 Å². The number of benzene rings is 2. The molecule has 0 amide bonds. The van der Waals surface area contributed by atoms with Gasteiger partial charge in [-0.05, 0) is 5.39 Å². The third-order valence-electron chi connectivity index (χ3n) is 2.86. The van der Waals surface area contributed by atoms with Crippen molar-refractivity contribution in [1.29, 1.82) is 0 Å². The number of fused-ring (bicyclic) bond motifs is 2. The summed E-state index contributed by atoms with van der Waals surface area (Å²) in [7, 11) is 0. The minimum atomic E-state index is 0. The summed E-state index contributed by atoms with van der Waals surface area (Å²) in [6, 6.07) is 17.4. The van der Waals surface area contributed by atoms with Crippen molar-refractivity contribution in [2.45, 2.75) is 6.92 Å². The standard InChI is InChI=1S/C14H11.2CH3.Hf/c1-10-6-7-13-8-11-4-2-3-5-12(11)9-14(10)13;;;/h2-9H,1H3;2*1H3;/q3*-1;. The zero-order valence-electron chi connectivity index (χ0n) is 10.6. The number of aryl methyl sites for hydroxylation is 1. The van der Waals surface area contributed by atoms with Crippen molar-refractivity contribution in [3.63, 3.8) is 0 Å². The second-order valence-electron chi connectivity index (χ2n) is 3.80. The van der Waals surface area contributed by atoms with Crippen LogP contribution in [0.5, 0.6) is 0 Å². The van der Waals surface area contributed by atoms with E-state index in [-0.39, 0.29) is 40.7 Å². The van der Waals surface area contributed by atoms with Crippen LogP contribution in [-0.4, -0.2) is 0 Å². The van der Waals surface area contributed by atoms with E-state index in [1.54, 1.807) is 0 Å². The zero-order valence-corrected chi connectivity index (χ0v) is 14.2. The van der Waals surface area contributed by atoms with Crippen LogP contribution in [0.2, 0.25) is 0 Å². The molecule has 1 heteroatoms. The van der Waals surface area contributed by atoms with Crippen LogP contribution in [0.15, 0.2) is 48.5 Å². The molecule has 0 radical (unpaired) electrons. The van der Waals surface area contributed by atoms with Crippen molar-refractivity contribution >= 4 is 21.5 Å². The van der Waals surface area contributed by atoms with E-state index in [2.05, 4.69) is 55.5 Å². The molecule has 0 aromatic heterocycles. The summed E-state index contributed by atoms with van der Waals surface area (Å²) in [5.41, 5.74) is 1.37. The Morgan fingerprint density at radius 2 is 1.41 bits per heavy atom. The third-order valence-corrected chi connectivity index (χ3v) is 2.86. The minimum Gasteiger partial charge on any atom is -0.358 e. The van der Waals surface area contributed by atoms with E-state index in [9.17, 15) is 0 Å². The first kappa shape index (κ1) is 16.2. The van der Waals surface area contributed by atoms with Crippen molar-refractivity contribution in [2.24, 2.45) is 0 Å². The SMILES string of the molecule is C[c-]1ccc2cc3ccccc3cc21.[CH3-].[CH3-].[Hf]. The first-order valence-corrected chi connectivity index (χ1v) is 4.89. The van der Waals surface area contributed by atoms with Gasteiger partial charge < -0.3 is 14.9 Å². The first-order chi connectivity index (χ1) is 6.84. The van der Waals surface area contributed by atoms with Gasteiger partial charge in [0.1, 0.15) is 0 Å². The summed E-state index contributed by atoms with van der Waals surface area (Å²) in [6.45, 7) is 2.16. The molecule has 0 nitrogen and oxygen atoms in total. The normalized spacial score (nSPS) is 9.24. The topological polar surface area (TPSA) is 0 Å². The van der Waals surface area contributed by atoms with Gasteiger partial charge in [-0.15, -0.1) is 22.4 Å². The Kier molecular flexibility index (Phi) is 5.91. The monoisotopic (exact) mass is 389 g/mol. The van der Waals surface area contributed by atoms with Crippen LogP contribution in [0.25, 0.3) is 21.5 Å². The van der Waals surface area contributed by atoms with Gasteiger partial charge in [0, 0.05) is 25.8 Å². The van der Waals surface area contributed by atoms with Crippen molar-refractivity contribution in [1.82, 2.24) is 0 Å². The molecule has 0 spiro atoms. The van der Waals surface area contributed by atoms with Gasteiger partial charge in [-0.2, -0.15) is 12.1 Å². The molecule has 0 fully saturated rings. The zero-order chi connectivity index (χ0) is 9.54. The van der Waals surface area contributed by atoms with Crippen molar-refractivity contribution < 1.29 is 25.8 Å². The Bertz CT molecular complexity index is 605. The Morgan fingerprint density at radius 3 is 2.06 bits per heavy atom. The molecule has 17 heavy (non-hydrogen) atoms. The molecule has 0 N–H and O–H groups in total. The quantitative estimate of drug-likeness (QED) is 0.379. The first-order valence-electron chi connectivity index (χ1n) is 4.89. The minimum absolute atomic E-state index is 0.